The average Bonchev–Trinajstić information content (AvgIpc) is 2.95. The highest BCUT2D eigenvalue weighted by atomic mass is 35.5. The number of carbonyl (C=O) groups is 2. The molecule has 138 valence electrons. The molecule has 1 amide bonds. The number of fused-ring (bicyclic) bond motifs is 5. The van der Waals surface area contributed by atoms with Gasteiger partial charge in [-0.1, -0.05) is 31.9 Å². The van der Waals surface area contributed by atoms with Crippen molar-refractivity contribution in [3.05, 3.63) is 10.6 Å². The zero-order valence-electron chi connectivity index (χ0n) is 15.3. The standard InChI is InChI=1S/C20H28ClNO3/c1-19-9-4-5-12(19)11-6-7-14-20(2,13(11)8-10-19)16(21)15(18(24)25)17(23)22(14)3/h11-14H,4-10H2,1-3H3,(H,24,25)/t11-,12-,13+,14?,19-,20+/m0/s1. The van der Waals surface area contributed by atoms with Crippen LogP contribution in [0.15, 0.2) is 10.6 Å². The molecule has 4 rings (SSSR count). The Balaban J connectivity index is 1.81. The highest BCUT2D eigenvalue weighted by Crippen LogP contribution is 2.65. The minimum absolute atomic E-state index is 0.0163. The van der Waals surface area contributed by atoms with Gasteiger partial charge in [-0.2, -0.15) is 0 Å². The molecule has 0 aromatic rings. The van der Waals surface area contributed by atoms with E-state index in [1.54, 1.807) is 11.9 Å². The van der Waals surface area contributed by atoms with Crippen molar-refractivity contribution >= 4 is 23.5 Å². The van der Waals surface area contributed by atoms with Gasteiger partial charge >= 0.3 is 5.97 Å². The largest absolute Gasteiger partial charge is 0.477 e. The summed E-state index contributed by atoms with van der Waals surface area (Å²) in [4.78, 5) is 26.0. The van der Waals surface area contributed by atoms with Crippen LogP contribution >= 0.6 is 11.6 Å². The van der Waals surface area contributed by atoms with Gasteiger partial charge < -0.3 is 10.0 Å². The quantitative estimate of drug-likeness (QED) is 0.713. The number of amides is 1. The van der Waals surface area contributed by atoms with Crippen molar-refractivity contribution < 1.29 is 14.7 Å². The molecule has 4 aliphatic rings. The van der Waals surface area contributed by atoms with Crippen LogP contribution in [-0.4, -0.2) is 35.0 Å². The minimum Gasteiger partial charge on any atom is -0.477 e. The number of carboxylic acids is 1. The SMILES string of the molecule is CN1C(=O)C(C(=O)O)=C(Cl)[C@@]2(C)C1CC[C@@H]1[C@H]2CC[C@]2(C)CCC[C@@H]12. The second kappa shape index (κ2) is 5.48. The summed E-state index contributed by atoms with van der Waals surface area (Å²) in [5.41, 5.74) is -0.180. The number of carboxylic acid groups (broad SMARTS) is 1. The summed E-state index contributed by atoms with van der Waals surface area (Å²) < 4.78 is 0. The molecular formula is C20H28ClNO3. The summed E-state index contributed by atoms with van der Waals surface area (Å²) in [5, 5.41) is 9.91. The Labute approximate surface area is 154 Å². The van der Waals surface area contributed by atoms with E-state index in [1.165, 1.54) is 25.7 Å². The first-order chi connectivity index (χ1) is 11.7. The molecule has 1 aliphatic heterocycles. The van der Waals surface area contributed by atoms with Gasteiger partial charge in [0, 0.05) is 23.5 Å². The molecule has 0 aromatic carbocycles. The first-order valence-corrected chi connectivity index (χ1v) is 10.0. The molecule has 4 nitrogen and oxygen atoms in total. The fourth-order valence-corrected chi connectivity index (χ4v) is 7.52. The summed E-state index contributed by atoms with van der Waals surface area (Å²) in [7, 11) is 1.75. The summed E-state index contributed by atoms with van der Waals surface area (Å²) in [6.07, 6.45) is 8.28. The highest BCUT2D eigenvalue weighted by molar-refractivity contribution is 6.37. The van der Waals surface area contributed by atoms with Crippen molar-refractivity contribution in [2.45, 2.75) is 64.8 Å². The molecule has 0 spiro atoms. The molecule has 0 aromatic heterocycles. The molecule has 6 atom stereocenters. The maximum absolute atomic E-state index is 12.6. The van der Waals surface area contributed by atoms with Crippen molar-refractivity contribution in [1.82, 2.24) is 4.90 Å². The monoisotopic (exact) mass is 365 g/mol. The van der Waals surface area contributed by atoms with Gasteiger partial charge in [-0.15, -0.1) is 0 Å². The van der Waals surface area contributed by atoms with Gasteiger partial charge in [0.25, 0.3) is 5.91 Å². The topological polar surface area (TPSA) is 57.6 Å². The predicted octanol–water partition coefficient (Wildman–Crippen LogP) is 4.04. The molecule has 5 heteroatoms. The Morgan fingerprint density at radius 1 is 1.16 bits per heavy atom. The Kier molecular flexibility index (Phi) is 3.81. The van der Waals surface area contributed by atoms with E-state index in [0.717, 1.165) is 25.2 Å². The van der Waals surface area contributed by atoms with Gasteiger partial charge in [0.05, 0.1) is 0 Å². The van der Waals surface area contributed by atoms with Crippen LogP contribution in [-0.2, 0) is 9.59 Å². The van der Waals surface area contributed by atoms with Crippen LogP contribution in [0.4, 0.5) is 0 Å². The molecule has 3 saturated carbocycles. The number of nitrogens with zero attached hydrogens (tertiary/aromatic N) is 1. The number of hydrogen-bond donors (Lipinski definition) is 1. The van der Waals surface area contributed by atoms with E-state index >= 15 is 0 Å². The number of rotatable bonds is 1. The number of hydrogen-bond acceptors (Lipinski definition) is 2. The van der Waals surface area contributed by atoms with Crippen LogP contribution in [0.2, 0.25) is 0 Å². The Hall–Kier alpha value is -1.03. The second-order valence-corrected chi connectivity index (χ2v) is 9.63. The summed E-state index contributed by atoms with van der Waals surface area (Å²) >= 11 is 6.70. The molecule has 1 unspecified atom stereocenters. The second-order valence-electron chi connectivity index (χ2n) is 9.25. The van der Waals surface area contributed by atoms with Crippen LogP contribution in [0.25, 0.3) is 0 Å². The first kappa shape index (κ1) is 17.4. The van der Waals surface area contributed by atoms with Gasteiger partial charge in [-0.3, -0.25) is 4.79 Å². The molecule has 0 bridgehead atoms. The lowest BCUT2D eigenvalue weighted by molar-refractivity contribution is -0.146. The number of halogens is 1. The van der Waals surface area contributed by atoms with Crippen molar-refractivity contribution in [3.8, 4) is 0 Å². The summed E-state index contributed by atoms with van der Waals surface area (Å²) in [6, 6.07) is 0.0163. The van der Waals surface area contributed by atoms with Crippen molar-refractivity contribution in [2.75, 3.05) is 7.05 Å². The van der Waals surface area contributed by atoms with E-state index in [1.807, 2.05) is 0 Å². The number of aliphatic carboxylic acids is 1. The lowest BCUT2D eigenvalue weighted by Crippen LogP contribution is -2.61. The molecule has 25 heavy (non-hydrogen) atoms. The first-order valence-electron chi connectivity index (χ1n) is 9.62. The smallest absolute Gasteiger partial charge is 0.342 e. The van der Waals surface area contributed by atoms with Crippen LogP contribution in [0.5, 0.6) is 0 Å². The van der Waals surface area contributed by atoms with E-state index in [9.17, 15) is 14.7 Å². The van der Waals surface area contributed by atoms with E-state index in [0.29, 0.717) is 22.3 Å². The third-order valence-electron chi connectivity index (χ3n) is 8.36. The molecule has 1 heterocycles. The Morgan fingerprint density at radius 3 is 2.56 bits per heavy atom. The molecule has 0 radical (unpaired) electrons. The fourth-order valence-electron chi connectivity index (χ4n) is 7.10. The van der Waals surface area contributed by atoms with Crippen LogP contribution in [0, 0.1) is 28.6 Å². The van der Waals surface area contributed by atoms with Gasteiger partial charge in [-0.25, -0.2) is 4.79 Å². The third kappa shape index (κ3) is 2.12. The lowest BCUT2D eigenvalue weighted by Gasteiger charge is -2.60. The van der Waals surface area contributed by atoms with Gasteiger partial charge in [0.1, 0.15) is 5.57 Å². The minimum atomic E-state index is -1.19. The normalized spacial score (nSPS) is 46.6. The Bertz CT molecular complexity index is 674. The summed E-state index contributed by atoms with van der Waals surface area (Å²) in [5.74, 6) is 0.0857. The van der Waals surface area contributed by atoms with Crippen molar-refractivity contribution in [2.24, 2.45) is 28.6 Å². The lowest BCUT2D eigenvalue weighted by atomic mass is 9.48. The number of carbonyl (C=O) groups excluding carboxylic acids is 1. The highest BCUT2D eigenvalue weighted by Gasteiger charge is 2.61. The van der Waals surface area contributed by atoms with E-state index in [2.05, 4.69) is 13.8 Å². The average molecular weight is 366 g/mol. The molecular weight excluding hydrogens is 338 g/mol. The van der Waals surface area contributed by atoms with E-state index in [-0.39, 0.29) is 11.6 Å². The van der Waals surface area contributed by atoms with E-state index in [4.69, 9.17) is 11.6 Å². The van der Waals surface area contributed by atoms with Crippen LogP contribution < -0.4 is 0 Å². The van der Waals surface area contributed by atoms with Crippen LogP contribution in [0.3, 0.4) is 0 Å². The summed E-state index contributed by atoms with van der Waals surface area (Å²) in [6.45, 7) is 4.58. The molecule has 0 saturated heterocycles. The van der Waals surface area contributed by atoms with Crippen molar-refractivity contribution in [1.29, 1.82) is 0 Å². The maximum Gasteiger partial charge on any atom is 0.342 e. The molecule has 3 fully saturated rings. The Morgan fingerprint density at radius 2 is 1.88 bits per heavy atom. The molecule has 3 aliphatic carbocycles. The van der Waals surface area contributed by atoms with Crippen molar-refractivity contribution in [3.63, 3.8) is 0 Å². The maximum atomic E-state index is 12.6. The molecule has 1 N–H and O–H groups in total. The predicted molar refractivity (Wildman–Crippen MR) is 96.1 cm³/mol. The zero-order valence-corrected chi connectivity index (χ0v) is 16.1. The zero-order chi connectivity index (χ0) is 18.1. The van der Waals surface area contributed by atoms with Gasteiger partial charge in [0.2, 0.25) is 0 Å². The van der Waals surface area contributed by atoms with Gasteiger partial charge in [0.15, 0.2) is 0 Å². The third-order valence-corrected chi connectivity index (χ3v) is 8.96. The van der Waals surface area contributed by atoms with Crippen LogP contribution in [0.1, 0.15) is 58.8 Å². The fraction of sp³-hybridized carbons (Fsp3) is 0.800. The van der Waals surface area contributed by atoms with E-state index < -0.39 is 17.3 Å². The number of likely N-dealkylation sites (N-methyl/N-ethyl adjacent to an activating group) is 1. The van der Waals surface area contributed by atoms with Gasteiger partial charge in [-0.05, 0) is 61.7 Å².